The number of rotatable bonds is 7. The molecular weight excluding hydrogens is 432 g/mol. The Balaban J connectivity index is -0.000000720. The Morgan fingerprint density at radius 1 is 1.00 bits per heavy atom. The van der Waals surface area contributed by atoms with E-state index in [9.17, 15) is 0 Å². The van der Waals surface area contributed by atoms with Gasteiger partial charge in [-0.2, -0.15) is 0 Å². The van der Waals surface area contributed by atoms with Crippen LogP contribution in [0, 0.1) is 0 Å². The molecule has 15 heavy (non-hydrogen) atoms. The Morgan fingerprint density at radius 3 is 1.93 bits per heavy atom. The number of nitrogens with zero attached hydrogens (tertiary/aromatic N) is 1. The van der Waals surface area contributed by atoms with Gasteiger partial charge >= 0.3 is 0 Å². The van der Waals surface area contributed by atoms with E-state index >= 15 is 0 Å². The van der Waals surface area contributed by atoms with Gasteiger partial charge in [0.05, 0.1) is 33.4 Å². The summed E-state index contributed by atoms with van der Waals surface area (Å²) in [5.74, 6) is 2.81. The molecule has 0 aromatic heterocycles. The topological polar surface area (TPSA) is 0 Å². The summed E-state index contributed by atoms with van der Waals surface area (Å²) >= 11 is 0. The van der Waals surface area contributed by atoms with Crippen LogP contribution in [0.1, 0.15) is 26.7 Å². The van der Waals surface area contributed by atoms with Crippen LogP contribution in [0.5, 0.6) is 0 Å². The van der Waals surface area contributed by atoms with Gasteiger partial charge < -0.3 is 52.4 Å². The van der Waals surface area contributed by atoms with Crippen LogP contribution < -0.4 is 48.0 Å². The fraction of sp³-hybridized carbons (Fsp3) is 1.00. The molecule has 0 saturated heterocycles. The highest BCUT2D eigenvalue weighted by atomic mass is 127. The molecule has 0 aliphatic rings. The van der Waals surface area contributed by atoms with Crippen molar-refractivity contribution in [3.8, 4) is 0 Å². The minimum absolute atomic E-state index is 0. The van der Waals surface area contributed by atoms with Gasteiger partial charge in [-0.25, -0.2) is 0 Å². The van der Waals surface area contributed by atoms with E-state index in [0.717, 1.165) is 0 Å². The third kappa shape index (κ3) is 13.7. The van der Waals surface area contributed by atoms with E-state index in [4.69, 9.17) is 0 Å². The molecule has 0 aliphatic carbocycles. The third-order valence-electron chi connectivity index (χ3n) is 2.86. The standard InChI is InChI=1S/C11H27NS.2HI/c1-6-12(3,4)10-8-9-11-13(5)7-2;;/h6-11H2,1-5H3;2*1H/q+2;;/p-2. The highest BCUT2D eigenvalue weighted by molar-refractivity contribution is 7.96. The van der Waals surface area contributed by atoms with Crippen LogP contribution >= 0.6 is 0 Å². The number of hydrogen-bond donors (Lipinski definition) is 0. The minimum atomic E-state index is 0. The molecule has 0 rings (SSSR count). The summed E-state index contributed by atoms with van der Waals surface area (Å²) in [6.45, 7) is 7.18. The first-order valence-electron chi connectivity index (χ1n) is 5.43. The van der Waals surface area contributed by atoms with Crippen molar-refractivity contribution < 1.29 is 52.4 Å². The van der Waals surface area contributed by atoms with Crippen molar-refractivity contribution >= 4 is 10.9 Å². The number of quaternary nitrogens is 1. The smallest absolute Gasteiger partial charge is 0.108 e. The molecule has 0 spiro atoms. The van der Waals surface area contributed by atoms with Gasteiger partial charge in [0.15, 0.2) is 0 Å². The molecule has 0 bridgehead atoms. The predicted molar refractivity (Wildman–Crippen MR) is 65.4 cm³/mol. The quantitative estimate of drug-likeness (QED) is 0.158. The lowest BCUT2D eigenvalue weighted by Gasteiger charge is -2.27. The van der Waals surface area contributed by atoms with Gasteiger partial charge in [-0.15, -0.1) is 0 Å². The molecule has 0 heterocycles. The molecule has 4 heteroatoms. The Labute approximate surface area is 134 Å². The predicted octanol–water partition coefficient (Wildman–Crippen LogP) is -3.86. The van der Waals surface area contributed by atoms with Gasteiger partial charge in [0.1, 0.15) is 11.5 Å². The largest absolute Gasteiger partial charge is 1.00 e. The van der Waals surface area contributed by atoms with Crippen LogP contribution in [0.4, 0.5) is 0 Å². The summed E-state index contributed by atoms with van der Waals surface area (Å²) in [6, 6.07) is 0. The lowest BCUT2D eigenvalue weighted by Crippen LogP contribution is -3.00. The van der Waals surface area contributed by atoms with Gasteiger partial charge in [-0.3, -0.25) is 0 Å². The number of hydrogen-bond acceptors (Lipinski definition) is 0. The lowest BCUT2D eigenvalue weighted by molar-refractivity contribution is -0.888. The zero-order chi connectivity index (χ0) is 10.3. The fourth-order valence-electron chi connectivity index (χ4n) is 1.19. The Morgan fingerprint density at radius 2 is 1.53 bits per heavy atom. The van der Waals surface area contributed by atoms with E-state index in [1.54, 1.807) is 0 Å². The van der Waals surface area contributed by atoms with Crippen LogP contribution in [0.3, 0.4) is 0 Å². The van der Waals surface area contributed by atoms with E-state index in [2.05, 4.69) is 34.2 Å². The molecule has 96 valence electrons. The van der Waals surface area contributed by atoms with Gasteiger partial charge in [-0.05, 0) is 31.2 Å². The van der Waals surface area contributed by atoms with Crippen LogP contribution in [-0.2, 0) is 10.9 Å². The van der Waals surface area contributed by atoms with Gasteiger partial charge in [-0.1, -0.05) is 0 Å². The van der Waals surface area contributed by atoms with Crippen molar-refractivity contribution in [1.29, 1.82) is 0 Å². The van der Waals surface area contributed by atoms with E-state index in [0.29, 0.717) is 10.9 Å². The Bertz CT molecular complexity index is 132. The molecule has 0 saturated carbocycles. The van der Waals surface area contributed by atoms with Gasteiger partial charge in [0.25, 0.3) is 0 Å². The first-order valence-corrected chi connectivity index (χ1v) is 7.40. The maximum atomic E-state index is 2.39. The minimum Gasteiger partial charge on any atom is -1.00 e. The summed E-state index contributed by atoms with van der Waals surface area (Å²) < 4.78 is 1.18. The molecule has 0 aliphatic heterocycles. The Hall–Kier alpha value is 1.77. The number of halogens is 2. The lowest BCUT2D eigenvalue weighted by atomic mass is 10.3. The second-order valence-electron chi connectivity index (χ2n) is 4.46. The molecule has 1 atom stereocenters. The fourth-order valence-corrected chi connectivity index (χ4v) is 2.18. The van der Waals surface area contributed by atoms with Crippen molar-refractivity contribution in [3.05, 3.63) is 0 Å². The first-order chi connectivity index (χ1) is 6.02. The maximum Gasteiger partial charge on any atom is 0.108 e. The molecule has 1 nitrogen and oxygen atoms in total. The molecule has 0 aromatic rings. The van der Waals surface area contributed by atoms with Crippen molar-refractivity contribution in [1.82, 2.24) is 0 Å². The first kappa shape index (κ1) is 22.0. The molecule has 0 aromatic carbocycles. The summed E-state index contributed by atoms with van der Waals surface area (Å²) in [5.41, 5.74) is 0. The highest BCUT2D eigenvalue weighted by Gasteiger charge is 2.12. The highest BCUT2D eigenvalue weighted by Crippen LogP contribution is 2.03. The molecule has 0 N–H and O–H groups in total. The van der Waals surface area contributed by atoms with Crippen LogP contribution in [-0.4, -0.2) is 49.4 Å². The third-order valence-corrected chi connectivity index (χ3v) is 4.83. The summed E-state index contributed by atoms with van der Waals surface area (Å²) in [6.07, 6.45) is 5.22. The van der Waals surface area contributed by atoms with E-state index < -0.39 is 0 Å². The van der Waals surface area contributed by atoms with E-state index in [1.165, 1.54) is 41.9 Å². The monoisotopic (exact) mass is 459 g/mol. The Kier molecular flexibility index (Phi) is 17.9. The van der Waals surface area contributed by atoms with Crippen LogP contribution in [0.15, 0.2) is 0 Å². The van der Waals surface area contributed by atoms with Crippen LogP contribution in [0.25, 0.3) is 0 Å². The average molecular weight is 459 g/mol. The average Bonchev–Trinajstić information content (AvgIpc) is 2.12. The summed E-state index contributed by atoms with van der Waals surface area (Å²) in [5, 5.41) is 0. The van der Waals surface area contributed by atoms with Crippen molar-refractivity contribution in [3.63, 3.8) is 0 Å². The normalized spacial score (nSPS) is 12.6. The van der Waals surface area contributed by atoms with E-state index in [1.807, 2.05) is 0 Å². The zero-order valence-electron chi connectivity index (χ0n) is 10.9. The molecule has 0 radical (unpaired) electrons. The van der Waals surface area contributed by atoms with Crippen LogP contribution in [0.2, 0.25) is 0 Å². The van der Waals surface area contributed by atoms with E-state index in [-0.39, 0.29) is 48.0 Å². The van der Waals surface area contributed by atoms with Crippen molar-refractivity contribution in [2.45, 2.75) is 26.7 Å². The molecule has 0 amide bonds. The molecular formula is C11H27I2NS. The van der Waals surface area contributed by atoms with Gasteiger partial charge in [0, 0.05) is 6.42 Å². The summed E-state index contributed by atoms with van der Waals surface area (Å²) in [4.78, 5) is 0. The van der Waals surface area contributed by atoms with Crippen molar-refractivity contribution in [2.75, 3.05) is 44.9 Å². The second kappa shape index (κ2) is 12.2. The van der Waals surface area contributed by atoms with Crippen molar-refractivity contribution in [2.24, 2.45) is 0 Å². The molecule has 0 fully saturated rings. The van der Waals surface area contributed by atoms with Gasteiger partial charge in [0.2, 0.25) is 0 Å². The summed E-state index contributed by atoms with van der Waals surface area (Å²) in [7, 11) is 5.34. The SMILES string of the molecule is CC[S+](C)CCCC[N+](C)(C)CC.[I-].[I-]. The maximum absolute atomic E-state index is 2.39. The zero-order valence-corrected chi connectivity index (χ0v) is 16.0. The number of unbranched alkanes of at least 4 members (excludes halogenated alkanes) is 1. The molecule has 1 unspecified atom stereocenters. The second-order valence-corrected chi connectivity index (χ2v) is 7.01.